The van der Waals surface area contributed by atoms with Crippen LogP contribution in [-0.2, 0) is 19.0 Å². The summed E-state index contributed by atoms with van der Waals surface area (Å²) in [6, 6.07) is 0. The van der Waals surface area contributed by atoms with Crippen molar-refractivity contribution in [1.29, 1.82) is 0 Å². The lowest BCUT2D eigenvalue weighted by molar-refractivity contribution is -0.311. The molecule has 0 aromatic heterocycles. The predicted octanol–water partition coefficient (Wildman–Crippen LogP) is 3.20. The lowest BCUT2D eigenvalue weighted by atomic mass is 9.44. The van der Waals surface area contributed by atoms with Crippen molar-refractivity contribution in [2.24, 2.45) is 40.4 Å². The number of hydrogen-bond acceptors (Lipinski definition) is 7. The van der Waals surface area contributed by atoms with Gasteiger partial charge >= 0.3 is 5.97 Å². The molecule has 198 valence electrons. The van der Waals surface area contributed by atoms with Gasteiger partial charge in [0.05, 0.1) is 18.8 Å². The van der Waals surface area contributed by atoms with Crippen LogP contribution >= 0.6 is 0 Å². The highest BCUT2D eigenvalue weighted by Crippen LogP contribution is 2.67. The molecule has 5 rings (SSSR count). The molecule has 5 fully saturated rings. The lowest BCUT2D eigenvalue weighted by Crippen LogP contribution is -2.61. The van der Waals surface area contributed by atoms with Crippen molar-refractivity contribution in [3.63, 3.8) is 0 Å². The highest BCUT2D eigenvalue weighted by molar-refractivity contribution is 5.66. The van der Waals surface area contributed by atoms with Crippen molar-refractivity contribution in [2.75, 3.05) is 6.61 Å². The predicted molar refractivity (Wildman–Crippen MR) is 129 cm³/mol. The first kappa shape index (κ1) is 25.7. The zero-order valence-corrected chi connectivity index (χ0v) is 21.5. The highest BCUT2D eigenvalue weighted by atomic mass is 16.7. The Morgan fingerprint density at radius 2 is 1.63 bits per heavy atom. The van der Waals surface area contributed by atoms with Crippen LogP contribution in [-0.4, -0.2) is 64.7 Å². The molecular formula is C28H44O7. The van der Waals surface area contributed by atoms with Crippen LogP contribution in [0.4, 0.5) is 0 Å². The third-order valence-electron chi connectivity index (χ3n) is 11.1. The van der Waals surface area contributed by atoms with E-state index >= 15 is 0 Å². The molecule has 7 heteroatoms. The van der Waals surface area contributed by atoms with Crippen LogP contribution in [0.3, 0.4) is 0 Å². The van der Waals surface area contributed by atoms with Crippen LogP contribution in [0.15, 0.2) is 12.7 Å². The Bertz CT molecular complexity index is 817. The number of aliphatic hydroxyl groups is 3. The molecule has 0 spiro atoms. The molecule has 3 N–H and O–H groups in total. The Kier molecular flexibility index (Phi) is 6.88. The molecule has 0 aromatic rings. The highest BCUT2D eigenvalue weighted by Gasteiger charge is 2.62. The quantitative estimate of drug-likeness (QED) is 0.409. The molecule has 4 aliphatic carbocycles. The number of hydrogen-bond donors (Lipinski definition) is 3. The molecule has 1 aliphatic heterocycles. The summed E-state index contributed by atoms with van der Waals surface area (Å²) in [5.41, 5.74) is 0.434. The fraction of sp³-hybridized carbons (Fsp3) is 0.893. The summed E-state index contributed by atoms with van der Waals surface area (Å²) in [7, 11) is 0. The van der Waals surface area contributed by atoms with Gasteiger partial charge in [-0.05, 0) is 91.8 Å². The summed E-state index contributed by atoms with van der Waals surface area (Å²) in [4.78, 5) is 11.3. The molecule has 13 atom stereocenters. The van der Waals surface area contributed by atoms with E-state index in [0.29, 0.717) is 29.6 Å². The second kappa shape index (κ2) is 9.39. The fourth-order valence-corrected chi connectivity index (χ4v) is 9.26. The van der Waals surface area contributed by atoms with Gasteiger partial charge in [-0.2, -0.15) is 0 Å². The molecule has 0 radical (unpaired) electrons. The minimum absolute atomic E-state index is 0.0529. The van der Waals surface area contributed by atoms with E-state index in [-0.39, 0.29) is 17.9 Å². The van der Waals surface area contributed by atoms with E-state index in [4.69, 9.17) is 14.2 Å². The second-order valence-electron chi connectivity index (χ2n) is 12.6. The van der Waals surface area contributed by atoms with Crippen LogP contribution in [0.5, 0.6) is 0 Å². The van der Waals surface area contributed by atoms with Crippen LogP contribution in [0.25, 0.3) is 0 Å². The summed E-state index contributed by atoms with van der Waals surface area (Å²) >= 11 is 0. The fourth-order valence-electron chi connectivity index (χ4n) is 9.26. The molecule has 0 bridgehead atoms. The lowest BCUT2D eigenvalue weighted by Gasteiger charge is -2.62. The zero-order valence-electron chi connectivity index (χ0n) is 21.5. The minimum atomic E-state index is -1.35. The summed E-state index contributed by atoms with van der Waals surface area (Å²) in [6.45, 7) is 10.3. The Balaban J connectivity index is 1.32. The van der Waals surface area contributed by atoms with E-state index in [0.717, 1.165) is 25.2 Å². The number of rotatable bonds is 4. The standard InChI is InChI=1S/C28H44O7/c1-5-16-6-8-18-17-7-9-20-25(35-26-24(32)23(31)22(14-33-26)34-15(2)29)21(30)11-13-28(20,4)19(17)10-12-27(16,18)3/h5,16-26,30-32H,1,6-14H2,2-4H3/t16-,17-,18?,19?,20-,21-,22+,23?,24?,25-,26-,27+,28+/m0/s1. The Labute approximate surface area is 209 Å². The van der Waals surface area contributed by atoms with E-state index in [1.165, 1.54) is 32.6 Å². The monoisotopic (exact) mass is 492 g/mol. The van der Waals surface area contributed by atoms with E-state index in [2.05, 4.69) is 26.5 Å². The number of fused-ring (bicyclic) bond motifs is 5. The largest absolute Gasteiger partial charge is 0.457 e. The van der Waals surface area contributed by atoms with Crippen LogP contribution in [0, 0.1) is 40.4 Å². The topological polar surface area (TPSA) is 105 Å². The first-order valence-corrected chi connectivity index (χ1v) is 13.7. The van der Waals surface area contributed by atoms with E-state index in [1.54, 1.807) is 0 Å². The molecule has 0 aromatic carbocycles. The van der Waals surface area contributed by atoms with Gasteiger partial charge < -0.3 is 29.5 Å². The van der Waals surface area contributed by atoms with Crippen molar-refractivity contribution in [2.45, 2.75) is 109 Å². The van der Waals surface area contributed by atoms with E-state index < -0.39 is 42.8 Å². The molecule has 5 aliphatic rings. The molecule has 35 heavy (non-hydrogen) atoms. The van der Waals surface area contributed by atoms with Crippen LogP contribution in [0.1, 0.15) is 72.1 Å². The molecule has 4 saturated carbocycles. The minimum Gasteiger partial charge on any atom is -0.457 e. The van der Waals surface area contributed by atoms with Gasteiger partial charge in [0.15, 0.2) is 12.4 Å². The van der Waals surface area contributed by atoms with Crippen molar-refractivity contribution in [1.82, 2.24) is 0 Å². The van der Waals surface area contributed by atoms with Gasteiger partial charge in [-0.25, -0.2) is 0 Å². The van der Waals surface area contributed by atoms with Gasteiger partial charge in [-0.15, -0.1) is 6.58 Å². The summed E-state index contributed by atoms with van der Waals surface area (Å²) < 4.78 is 17.1. The Morgan fingerprint density at radius 1 is 0.943 bits per heavy atom. The first-order chi connectivity index (χ1) is 16.6. The number of carbonyl (C=O) groups excluding carboxylic acids is 1. The third kappa shape index (κ3) is 4.10. The number of esters is 1. The zero-order chi connectivity index (χ0) is 25.1. The van der Waals surface area contributed by atoms with Gasteiger partial charge in [-0.3, -0.25) is 4.79 Å². The maximum atomic E-state index is 11.3. The molecule has 0 amide bonds. The molecule has 7 nitrogen and oxygen atoms in total. The normalized spacial score (nSPS) is 53.7. The maximum Gasteiger partial charge on any atom is 0.303 e. The maximum absolute atomic E-state index is 11.3. The number of aliphatic hydroxyl groups excluding tert-OH is 3. The van der Waals surface area contributed by atoms with Crippen molar-refractivity contribution in [3.8, 4) is 0 Å². The average Bonchev–Trinajstić information content (AvgIpc) is 3.16. The molecular weight excluding hydrogens is 448 g/mol. The number of carbonyl (C=O) groups is 1. The first-order valence-electron chi connectivity index (χ1n) is 13.7. The van der Waals surface area contributed by atoms with Crippen molar-refractivity contribution >= 4 is 5.97 Å². The van der Waals surface area contributed by atoms with Gasteiger partial charge in [0, 0.05) is 6.92 Å². The SMILES string of the molecule is C=C[C@H]1CCC2[C@@H]3CC[C@H]4[C@H](O[C@@H]5OC[C@@H](OC(C)=O)C(O)C5O)[C@@H](O)CC[C@]4(C)C3CC[C@@]21C. The second-order valence-corrected chi connectivity index (χ2v) is 12.6. The van der Waals surface area contributed by atoms with Gasteiger partial charge in [-0.1, -0.05) is 19.9 Å². The smallest absolute Gasteiger partial charge is 0.303 e. The van der Waals surface area contributed by atoms with Crippen LogP contribution in [0.2, 0.25) is 0 Å². The summed E-state index contributed by atoms with van der Waals surface area (Å²) in [5.74, 6) is 2.31. The number of ether oxygens (including phenoxy) is 3. The third-order valence-corrected chi connectivity index (χ3v) is 11.1. The molecule has 1 saturated heterocycles. The van der Waals surface area contributed by atoms with Gasteiger partial charge in [0.2, 0.25) is 0 Å². The van der Waals surface area contributed by atoms with E-state index in [1.807, 2.05) is 0 Å². The van der Waals surface area contributed by atoms with Crippen molar-refractivity contribution < 1.29 is 34.3 Å². The molecule has 4 unspecified atom stereocenters. The van der Waals surface area contributed by atoms with Gasteiger partial charge in [0.25, 0.3) is 0 Å². The molecule has 1 heterocycles. The Morgan fingerprint density at radius 3 is 2.34 bits per heavy atom. The summed E-state index contributed by atoms with van der Waals surface area (Å²) in [6.07, 6.45) is 5.26. The summed E-state index contributed by atoms with van der Waals surface area (Å²) in [5, 5.41) is 32.2. The number of allylic oxidation sites excluding steroid dienone is 1. The van der Waals surface area contributed by atoms with Crippen molar-refractivity contribution in [3.05, 3.63) is 12.7 Å². The Hall–Kier alpha value is -0.990. The van der Waals surface area contributed by atoms with Gasteiger partial charge in [0.1, 0.15) is 12.2 Å². The average molecular weight is 493 g/mol. The van der Waals surface area contributed by atoms with E-state index in [9.17, 15) is 20.1 Å². The van der Waals surface area contributed by atoms with Crippen LogP contribution < -0.4 is 0 Å².